The SMILES string of the molecule is CCOC(=O)C(=O)Cc1ccc(F)cc1. The number of Topliss-reactive ketones (excluding diaryl/α,β-unsaturated/α-hetero) is 1. The van der Waals surface area contributed by atoms with E-state index in [-0.39, 0.29) is 18.8 Å². The Morgan fingerprint density at radius 2 is 1.87 bits per heavy atom. The van der Waals surface area contributed by atoms with Gasteiger partial charge in [-0.25, -0.2) is 9.18 Å². The summed E-state index contributed by atoms with van der Waals surface area (Å²) in [5, 5.41) is 0. The van der Waals surface area contributed by atoms with E-state index in [1.54, 1.807) is 6.92 Å². The maximum Gasteiger partial charge on any atom is 0.374 e. The van der Waals surface area contributed by atoms with Crippen LogP contribution in [0.1, 0.15) is 12.5 Å². The number of carbonyl (C=O) groups is 2. The summed E-state index contributed by atoms with van der Waals surface area (Å²) in [6, 6.07) is 5.42. The van der Waals surface area contributed by atoms with Crippen molar-refractivity contribution in [3.63, 3.8) is 0 Å². The first-order valence-corrected chi connectivity index (χ1v) is 4.58. The molecule has 0 aliphatic carbocycles. The molecule has 0 atom stereocenters. The second kappa shape index (κ2) is 5.24. The molecule has 0 saturated heterocycles. The van der Waals surface area contributed by atoms with Crippen LogP contribution >= 0.6 is 0 Å². The van der Waals surface area contributed by atoms with Gasteiger partial charge in [0.25, 0.3) is 0 Å². The van der Waals surface area contributed by atoms with E-state index in [1.165, 1.54) is 24.3 Å². The van der Waals surface area contributed by atoms with Crippen molar-refractivity contribution >= 4 is 11.8 Å². The quantitative estimate of drug-likeness (QED) is 0.558. The Morgan fingerprint density at radius 1 is 1.27 bits per heavy atom. The summed E-state index contributed by atoms with van der Waals surface area (Å²) >= 11 is 0. The summed E-state index contributed by atoms with van der Waals surface area (Å²) in [6.45, 7) is 1.80. The van der Waals surface area contributed by atoms with Crippen LogP contribution < -0.4 is 0 Å². The van der Waals surface area contributed by atoms with Crippen LogP contribution in [0.2, 0.25) is 0 Å². The van der Waals surface area contributed by atoms with Gasteiger partial charge in [-0.3, -0.25) is 4.79 Å². The molecule has 0 N–H and O–H groups in total. The molecule has 1 aromatic carbocycles. The minimum absolute atomic E-state index is 0.0564. The standard InChI is InChI=1S/C11H11FO3/c1-2-15-11(14)10(13)7-8-3-5-9(12)6-4-8/h3-6H,2,7H2,1H3. The molecule has 1 aromatic rings. The van der Waals surface area contributed by atoms with Crippen molar-refractivity contribution in [1.82, 2.24) is 0 Å². The molecule has 3 nitrogen and oxygen atoms in total. The van der Waals surface area contributed by atoms with E-state index in [1.807, 2.05) is 0 Å². The monoisotopic (exact) mass is 210 g/mol. The lowest BCUT2D eigenvalue weighted by Gasteiger charge is -2.00. The number of hydrogen-bond acceptors (Lipinski definition) is 3. The van der Waals surface area contributed by atoms with E-state index >= 15 is 0 Å². The second-order valence-electron chi connectivity index (χ2n) is 2.95. The van der Waals surface area contributed by atoms with E-state index in [0.717, 1.165) is 0 Å². The highest BCUT2D eigenvalue weighted by molar-refractivity contribution is 6.34. The van der Waals surface area contributed by atoms with Gasteiger partial charge in [-0.2, -0.15) is 0 Å². The van der Waals surface area contributed by atoms with Crippen LogP contribution in [0.4, 0.5) is 4.39 Å². The van der Waals surface area contributed by atoms with Crippen molar-refractivity contribution in [3.05, 3.63) is 35.6 Å². The molecule has 0 fully saturated rings. The molecular formula is C11H11FO3. The van der Waals surface area contributed by atoms with Crippen molar-refractivity contribution in [2.24, 2.45) is 0 Å². The second-order valence-corrected chi connectivity index (χ2v) is 2.95. The lowest BCUT2D eigenvalue weighted by molar-refractivity contribution is -0.153. The molecule has 1 rings (SSSR count). The van der Waals surface area contributed by atoms with Crippen molar-refractivity contribution in [2.45, 2.75) is 13.3 Å². The van der Waals surface area contributed by atoms with Crippen LogP contribution in [-0.4, -0.2) is 18.4 Å². The number of ether oxygens (including phenoxy) is 1. The Hall–Kier alpha value is -1.71. The number of halogens is 1. The molecule has 0 bridgehead atoms. The maximum atomic E-state index is 12.5. The number of carbonyl (C=O) groups excluding carboxylic acids is 2. The zero-order valence-electron chi connectivity index (χ0n) is 8.33. The van der Waals surface area contributed by atoms with E-state index in [2.05, 4.69) is 4.74 Å². The van der Waals surface area contributed by atoms with Gasteiger partial charge >= 0.3 is 5.97 Å². The minimum atomic E-state index is -0.846. The van der Waals surface area contributed by atoms with Crippen molar-refractivity contribution in [1.29, 1.82) is 0 Å². The fraction of sp³-hybridized carbons (Fsp3) is 0.273. The summed E-state index contributed by atoms with van der Waals surface area (Å²) in [6.07, 6.45) is -0.0564. The number of rotatable bonds is 4. The highest BCUT2D eigenvalue weighted by Gasteiger charge is 2.14. The molecule has 0 aromatic heterocycles. The smallest absolute Gasteiger partial charge is 0.374 e. The van der Waals surface area contributed by atoms with Gasteiger partial charge in [0, 0.05) is 6.42 Å². The highest BCUT2D eigenvalue weighted by Crippen LogP contribution is 2.04. The normalized spacial score (nSPS) is 9.73. The van der Waals surface area contributed by atoms with Crippen LogP contribution in [0.5, 0.6) is 0 Å². The van der Waals surface area contributed by atoms with E-state index in [4.69, 9.17) is 0 Å². The number of benzene rings is 1. The van der Waals surface area contributed by atoms with Gasteiger partial charge in [-0.05, 0) is 24.6 Å². The van der Waals surface area contributed by atoms with E-state index < -0.39 is 11.8 Å². The largest absolute Gasteiger partial charge is 0.460 e. The van der Waals surface area contributed by atoms with Crippen molar-refractivity contribution in [2.75, 3.05) is 6.61 Å². The lowest BCUT2D eigenvalue weighted by Crippen LogP contribution is -2.19. The molecule has 0 aliphatic rings. The summed E-state index contributed by atoms with van der Waals surface area (Å²) in [5.74, 6) is -1.84. The van der Waals surface area contributed by atoms with Gasteiger partial charge in [-0.15, -0.1) is 0 Å². The number of hydrogen-bond donors (Lipinski definition) is 0. The Kier molecular flexibility index (Phi) is 3.97. The molecule has 0 amide bonds. The fourth-order valence-corrected chi connectivity index (χ4v) is 1.07. The first kappa shape index (κ1) is 11.4. The third-order valence-corrected chi connectivity index (χ3v) is 1.78. The lowest BCUT2D eigenvalue weighted by atomic mass is 10.1. The van der Waals surface area contributed by atoms with Crippen molar-refractivity contribution < 1.29 is 18.7 Å². The molecule has 15 heavy (non-hydrogen) atoms. The summed E-state index contributed by atoms with van der Waals surface area (Å²) in [7, 11) is 0. The van der Waals surface area contributed by atoms with E-state index in [0.29, 0.717) is 5.56 Å². The van der Waals surface area contributed by atoms with Gasteiger partial charge in [0.1, 0.15) is 5.82 Å². The minimum Gasteiger partial charge on any atom is -0.460 e. The summed E-state index contributed by atoms with van der Waals surface area (Å²) in [4.78, 5) is 22.2. The van der Waals surface area contributed by atoms with Gasteiger partial charge in [0.2, 0.25) is 5.78 Å². The zero-order chi connectivity index (χ0) is 11.3. The number of ketones is 1. The van der Waals surface area contributed by atoms with Gasteiger partial charge < -0.3 is 4.74 Å². The zero-order valence-corrected chi connectivity index (χ0v) is 8.33. The predicted molar refractivity (Wildman–Crippen MR) is 51.7 cm³/mol. The summed E-state index contributed by atoms with van der Waals surface area (Å²) < 4.78 is 17.1. The molecular weight excluding hydrogens is 199 g/mol. The summed E-state index contributed by atoms with van der Waals surface area (Å²) in [5.41, 5.74) is 0.592. The highest BCUT2D eigenvalue weighted by atomic mass is 19.1. The Bertz CT molecular complexity index is 357. The third-order valence-electron chi connectivity index (χ3n) is 1.78. The third kappa shape index (κ3) is 3.50. The first-order chi connectivity index (χ1) is 7.13. The van der Waals surface area contributed by atoms with Crippen LogP contribution in [0, 0.1) is 5.82 Å². The van der Waals surface area contributed by atoms with Gasteiger partial charge in [0.05, 0.1) is 6.61 Å². The fourth-order valence-electron chi connectivity index (χ4n) is 1.07. The van der Waals surface area contributed by atoms with E-state index in [9.17, 15) is 14.0 Å². The average molecular weight is 210 g/mol. The first-order valence-electron chi connectivity index (χ1n) is 4.58. The van der Waals surface area contributed by atoms with Gasteiger partial charge in [-0.1, -0.05) is 12.1 Å². The molecule has 0 unspecified atom stereocenters. The number of esters is 1. The molecule has 4 heteroatoms. The predicted octanol–water partition coefficient (Wildman–Crippen LogP) is 1.50. The molecule has 0 saturated carbocycles. The van der Waals surface area contributed by atoms with Crippen LogP contribution in [-0.2, 0) is 20.7 Å². The Balaban J connectivity index is 2.58. The topological polar surface area (TPSA) is 43.4 Å². The van der Waals surface area contributed by atoms with Crippen LogP contribution in [0.3, 0.4) is 0 Å². The molecule has 0 radical (unpaired) electrons. The maximum absolute atomic E-state index is 12.5. The average Bonchev–Trinajstić information content (AvgIpc) is 2.22. The molecule has 0 heterocycles. The molecule has 0 aliphatic heterocycles. The molecule has 80 valence electrons. The Labute approximate surface area is 86.9 Å². The van der Waals surface area contributed by atoms with Crippen molar-refractivity contribution in [3.8, 4) is 0 Å². The van der Waals surface area contributed by atoms with Crippen LogP contribution in [0.15, 0.2) is 24.3 Å². The van der Waals surface area contributed by atoms with Crippen LogP contribution in [0.25, 0.3) is 0 Å². The Morgan fingerprint density at radius 3 is 2.40 bits per heavy atom. The van der Waals surface area contributed by atoms with Gasteiger partial charge in [0.15, 0.2) is 0 Å². The molecule has 0 spiro atoms.